The van der Waals surface area contributed by atoms with Gasteiger partial charge in [-0.3, -0.25) is 9.59 Å². The number of carbonyl (C=O) groups is 2. The predicted molar refractivity (Wildman–Crippen MR) is 117 cm³/mol. The summed E-state index contributed by atoms with van der Waals surface area (Å²) in [5, 5.41) is 4.01. The third-order valence-corrected chi connectivity index (χ3v) is 5.67. The molecule has 0 radical (unpaired) electrons. The van der Waals surface area contributed by atoms with E-state index >= 15 is 0 Å². The molecule has 0 bridgehead atoms. The fraction of sp³-hybridized carbons (Fsp3) is 0.292. The number of ether oxygens (including phenoxy) is 1. The first kappa shape index (κ1) is 20.7. The van der Waals surface area contributed by atoms with E-state index in [-0.39, 0.29) is 18.2 Å². The normalized spacial score (nSPS) is 15.9. The summed E-state index contributed by atoms with van der Waals surface area (Å²) in [6, 6.07) is 16.8. The summed E-state index contributed by atoms with van der Waals surface area (Å²) < 4.78 is 10.6. The van der Waals surface area contributed by atoms with Crippen LogP contribution >= 0.6 is 0 Å². The quantitative estimate of drug-likeness (QED) is 0.606. The van der Waals surface area contributed by atoms with E-state index in [0.717, 1.165) is 22.6 Å². The third kappa shape index (κ3) is 4.17. The molecular formula is C24H25N3O4. The molecule has 7 heteroatoms. The summed E-state index contributed by atoms with van der Waals surface area (Å²) in [5.41, 5.74) is 3.15. The Hall–Kier alpha value is -3.61. The van der Waals surface area contributed by atoms with E-state index in [9.17, 15) is 9.59 Å². The molecular weight excluding hydrogens is 394 g/mol. The highest BCUT2D eigenvalue weighted by Crippen LogP contribution is 2.31. The Morgan fingerprint density at radius 1 is 1.19 bits per heavy atom. The van der Waals surface area contributed by atoms with Crippen molar-refractivity contribution in [2.45, 2.75) is 26.8 Å². The van der Waals surface area contributed by atoms with Crippen molar-refractivity contribution in [3.05, 3.63) is 71.6 Å². The largest absolute Gasteiger partial charge is 0.497 e. The van der Waals surface area contributed by atoms with Crippen molar-refractivity contribution >= 4 is 23.2 Å². The zero-order valence-corrected chi connectivity index (χ0v) is 17.9. The molecule has 0 aliphatic carbocycles. The number of para-hydroxylation sites is 1. The summed E-state index contributed by atoms with van der Waals surface area (Å²) in [6.45, 7) is 4.37. The maximum absolute atomic E-state index is 13.6. The highest BCUT2D eigenvalue weighted by Gasteiger charge is 2.38. The van der Waals surface area contributed by atoms with E-state index in [2.05, 4.69) is 5.16 Å². The lowest BCUT2D eigenvalue weighted by atomic mass is 10.1. The highest BCUT2D eigenvalue weighted by atomic mass is 16.5. The number of aromatic nitrogens is 1. The Morgan fingerprint density at radius 2 is 1.97 bits per heavy atom. The van der Waals surface area contributed by atoms with Gasteiger partial charge in [0, 0.05) is 36.0 Å². The lowest BCUT2D eigenvalue weighted by Crippen LogP contribution is -2.37. The Morgan fingerprint density at radius 3 is 2.65 bits per heavy atom. The fourth-order valence-electron chi connectivity index (χ4n) is 3.91. The number of benzene rings is 2. The van der Waals surface area contributed by atoms with Gasteiger partial charge in [-0.1, -0.05) is 29.4 Å². The van der Waals surface area contributed by atoms with Crippen LogP contribution in [0, 0.1) is 19.8 Å². The molecule has 4 rings (SSSR count). The molecule has 0 N–H and O–H groups in total. The Labute approximate surface area is 181 Å². The minimum absolute atomic E-state index is 0.0723. The number of hydrogen-bond acceptors (Lipinski definition) is 5. The minimum Gasteiger partial charge on any atom is -0.497 e. The molecule has 1 fully saturated rings. The van der Waals surface area contributed by atoms with Crippen molar-refractivity contribution in [3.63, 3.8) is 0 Å². The van der Waals surface area contributed by atoms with Crippen LogP contribution in [0.2, 0.25) is 0 Å². The summed E-state index contributed by atoms with van der Waals surface area (Å²) in [6.07, 6.45) is 0.168. The zero-order chi connectivity index (χ0) is 22.0. The van der Waals surface area contributed by atoms with Gasteiger partial charge in [-0.25, -0.2) is 0 Å². The smallest absolute Gasteiger partial charge is 0.232 e. The van der Waals surface area contributed by atoms with Gasteiger partial charge in [-0.2, -0.15) is 0 Å². The second-order valence-corrected chi connectivity index (χ2v) is 7.67. The van der Waals surface area contributed by atoms with Crippen LogP contribution in [0.1, 0.15) is 23.4 Å². The second kappa shape index (κ2) is 8.63. The average molecular weight is 419 g/mol. The van der Waals surface area contributed by atoms with E-state index in [1.807, 2.05) is 68.4 Å². The van der Waals surface area contributed by atoms with Crippen molar-refractivity contribution in [1.82, 2.24) is 5.16 Å². The number of anilines is 2. The Bertz CT molecular complexity index is 1070. The number of rotatable bonds is 6. The molecule has 1 saturated heterocycles. The fourth-order valence-corrected chi connectivity index (χ4v) is 3.91. The van der Waals surface area contributed by atoms with Crippen LogP contribution in [-0.2, 0) is 16.1 Å². The molecule has 2 amide bonds. The topological polar surface area (TPSA) is 75.9 Å². The van der Waals surface area contributed by atoms with Crippen LogP contribution in [0.3, 0.4) is 0 Å². The third-order valence-electron chi connectivity index (χ3n) is 5.67. The Kier molecular flexibility index (Phi) is 5.75. The second-order valence-electron chi connectivity index (χ2n) is 7.67. The molecule has 31 heavy (non-hydrogen) atoms. The number of amides is 2. The van der Waals surface area contributed by atoms with Crippen LogP contribution in [0.5, 0.6) is 5.75 Å². The number of hydrogen-bond donors (Lipinski definition) is 0. The van der Waals surface area contributed by atoms with Crippen LogP contribution < -0.4 is 14.5 Å². The van der Waals surface area contributed by atoms with Gasteiger partial charge in [0.05, 0.1) is 25.3 Å². The zero-order valence-electron chi connectivity index (χ0n) is 17.9. The summed E-state index contributed by atoms with van der Waals surface area (Å²) in [4.78, 5) is 29.8. The van der Waals surface area contributed by atoms with Gasteiger partial charge in [0.2, 0.25) is 11.8 Å². The molecule has 1 aromatic heterocycles. The molecule has 1 atom stereocenters. The van der Waals surface area contributed by atoms with Crippen LogP contribution in [0.25, 0.3) is 0 Å². The highest BCUT2D eigenvalue weighted by molar-refractivity contribution is 6.04. The van der Waals surface area contributed by atoms with E-state index in [1.165, 1.54) is 0 Å². The number of carbonyl (C=O) groups excluding carboxylic acids is 2. The molecule has 1 unspecified atom stereocenters. The summed E-state index contributed by atoms with van der Waals surface area (Å²) in [7, 11) is 1.59. The molecule has 0 saturated carbocycles. The minimum atomic E-state index is -0.445. The van der Waals surface area contributed by atoms with Gasteiger partial charge in [-0.15, -0.1) is 0 Å². The summed E-state index contributed by atoms with van der Waals surface area (Å²) >= 11 is 0. The SMILES string of the molecule is COc1cccc(N2CC(C(=O)N(Cc3c(C)noc3C)c3ccccc3)CC2=O)c1. The standard InChI is InChI=1S/C24H25N3O4/c1-16-22(17(2)31-25-16)15-27(19-8-5-4-6-9-19)24(29)18-12-23(28)26(14-18)20-10-7-11-21(13-20)30-3/h4-11,13,18H,12,14-15H2,1-3H3. The molecule has 1 aliphatic heterocycles. The Balaban J connectivity index is 1.60. The number of nitrogens with zero attached hydrogens (tertiary/aromatic N) is 3. The molecule has 0 spiro atoms. The van der Waals surface area contributed by atoms with Crippen molar-refractivity contribution in [2.75, 3.05) is 23.5 Å². The van der Waals surface area contributed by atoms with Crippen molar-refractivity contribution in [3.8, 4) is 5.75 Å². The number of methoxy groups -OCH3 is 1. The van der Waals surface area contributed by atoms with E-state index < -0.39 is 5.92 Å². The van der Waals surface area contributed by atoms with Gasteiger partial charge in [0.15, 0.2) is 0 Å². The van der Waals surface area contributed by atoms with Crippen molar-refractivity contribution in [2.24, 2.45) is 5.92 Å². The first-order chi connectivity index (χ1) is 15.0. The van der Waals surface area contributed by atoms with Gasteiger partial charge in [-0.05, 0) is 38.1 Å². The molecule has 160 valence electrons. The van der Waals surface area contributed by atoms with Crippen molar-refractivity contribution in [1.29, 1.82) is 0 Å². The molecule has 1 aliphatic rings. The predicted octanol–water partition coefficient (Wildman–Crippen LogP) is 3.89. The van der Waals surface area contributed by atoms with Gasteiger partial charge >= 0.3 is 0 Å². The maximum Gasteiger partial charge on any atom is 0.232 e. The molecule has 2 aromatic carbocycles. The van der Waals surface area contributed by atoms with Gasteiger partial charge < -0.3 is 19.1 Å². The van der Waals surface area contributed by atoms with Crippen molar-refractivity contribution < 1.29 is 18.8 Å². The molecule has 3 aromatic rings. The van der Waals surface area contributed by atoms with Crippen LogP contribution in [0.15, 0.2) is 59.1 Å². The first-order valence-corrected chi connectivity index (χ1v) is 10.2. The van der Waals surface area contributed by atoms with E-state index in [1.54, 1.807) is 16.9 Å². The monoisotopic (exact) mass is 419 g/mol. The summed E-state index contributed by atoms with van der Waals surface area (Å²) in [5.74, 6) is 0.748. The first-order valence-electron chi connectivity index (χ1n) is 10.2. The molecule has 2 heterocycles. The van der Waals surface area contributed by atoms with Gasteiger partial charge in [0.25, 0.3) is 0 Å². The molecule has 7 nitrogen and oxygen atoms in total. The number of aryl methyl sites for hydroxylation is 2. The maximum atomic E-state index is 13.6. The van der Waals surface area contributed by atoms with Crippen LogP contribution in [-0.4, -0.2) is 30.6 Å². The average Bonchev–Trinajstić information content (AvgIpc) is 3.34. The van der Waals surface area contributed by atoms with Gasteiger partial charge in [0.1, 0.15) is 11.5 Å². The lowest BCUT2D eigenvalue weighted by molar-refractivity contribution is -0.124. The lowest BCUT2D eigenvalue weighted by Gasteiger charge is -2.26. The van der Waals surface area contributed by atoms with E-state index in [0.29, 0.717) is 24.6 Å². The van der Waals surface area contributed by atoms with Crippen LogP contribution in [0.4, 0.5) is 11.4 Å². The van der Waals surface area contributed by atoms with E-state index in [4.69, 9.17) is 9.26 Å².